The highest BCUT2D eigenvalue weighted by molar-refractivity contribution is 14.1. The van der Waals surface area contributed by atoms with Gasteiger partial charge in [0.05, 0.1) is 17.3 Å². The van der Waals surface area contributed by atoms with E-state index in [-0.39, 0.29) is 5.57 Å². The van der Waals surface area contributed by atoms with Crippen molar-refractivity contribution in [2.75, 3.05) is 19.0 Å². The van der Waals surface area contributed by atoms with E-state index in [1.165, 1.54) is 6.08 Å². The minimum absolute atomic E-state index is 0.00832. The van der Waals surface area contributed by atoms with E-state index in [2.05, 4.69) is 27.9 Å². The van der Waals surface area contributed by atoms with Gasteiger partial charge in [-0.05, 0) is 72.3 Å². The summed E-state index contributed by atoms with van der Waals surface area (Å²) in [5.41, 5.74) is 2.43. The second-order valence-corrected chi connectivity index (χ2v) is 6.62. The topological polar surface area (TPSA) is 71.3 Å². The smallest absolute Gasteiger partial charge is 0.266 e. The summed E-state index contributed by atoms with van der Waals surface area (Å²) in [6.45, 7) is 4.33. The molecule has 0 saturated heterocycles. The molecule has 5 nitrogen and oxygen atoms in total. The van der Waals surface area contributed by atoms with Crippen LogP contribution in [0.4, 0.5) is 5.69 Å². The van der Waals surface area contributed by atoms with Crippen LogP contribution < -0.4 is 14.8 Å². The van der Waals surface area contributed by atoms with Crippen LogP contribution in [-0.4, -0.2) is 19.6 Å². The summed E-state index contributed by atoms with van der Waals surface area (Å²) in [6.07, 6.45) is 1.54. The van der Waals surface area contributed by atoms with Gasteiger partial charge in [-0.2, -0.15) is 5.26 Å². The molecular weight excluding hydrogens is 443 g/mol. The molecule has 2 aromatic rings. The Balaban J connectivity index is 2.31. The number of hydrogen-bond acceptors (Lipinski definition) is 4. The van der Waals surface area contributed by atoms with Crippen LogP contribution in [-0.2, 0) is 4.79 Å². The molecule has 0 aliphatic rings. The number of nitrogens with one attached hydrogen (secondary N) is 1. The van der Waals surface area contributed by atoms with E-state index < -0.39 is 5.91 Å². The molecule has 0 heterocycles. The Morgan fingerprint density at radius 2 is 2.00 bits per heavy atom. The molecule has 0 spiro atoms. The summed E-state index contributed by atoms with van der Waals surface area (Å²) < 4.78 is 11.8. The molecule has 0 aliphatic heterocycles. The Bertz CT molecular complexity index is 868. The number of ether oxygens (including phenoxy) is 2. The molecular formula is C20H19IN2O3. The van der Waals surface area contributed by atoms with E-state index in [0.29, 0.717) is 29.4 Å². The summed E-state index contributed by atoms with van der Waals surface area (Å²) in [7, 11) is 1.57. The van der Waals surface area contributed by atoms with Gasteiger partial charge in [0, 0.05) is 5.69 Å². The average Bonchev–Trinajstić information content (AvgIpc) is 2.61. The second-order valence-electron chi connectivity index (χ2n) is 5.46. The van der Waals surface area contributed by atoms with Crippen LogP contribution in [0, 0.1) is 21.8 Å². The molecule has 0 saturated carbocycles. The highest BCUT2D eigenvalue weighted by atomic mass is 127. The molecule has 134 valence electrons. The van der Waals surface area contributed by atoms with E-state index >= 15 is 0 Å². The predicted molar refractivity (Wildman–Crippen MR) is 110 cm³/mol. The van der Waals surface area contributed by atoms with Crippen LogP contribution in [0.15, 0.2) is 42.0 Å². The molecule has 0 fully saturated rings. The third kappa shape index (κ3) is 4.99. The highest BCUT2D eigenvalue weighted by Gasteiger charge is 2.13. The number of carbonyl (C=O) groups is 1. The zero-order valence-corrected chi connectivity index (χ0v) is 17.0. The van der Waals surface area contributed by atoms with Crippen LogP contribution >= 0.6 is 22.6 Å². The van der Waals surface area contributed by atoms with Crippen LogP contribution in [0.2, 0.25) is 0 Å². The van der Waals surface area contributed by atoms with E-state index in [4.69, 9.17) is 9.47 Å². The Morgan fingerprint density at radius 1 is 1.31 bits per heavy atom. The summed E-state index contributed by atoms with van der Waals surface area (Å²) in [4.78, 5) is 12.4. The number of methoxy groups -OCH3 is 1. The first-order valence-corrected chi connectivity index (χ1v) is 9.06. The molecule has 0 radical (unpaired) electrons. The predicted octanol–water partition coefficient (Wildman–Crippen LogP) is 4.55. The van der Waals surface area contributed by atoms with Crippen molar-refractivity contribution < 1.29 is 14.3 Å². The van der Waals surface area contributed by atoms with Crippen molar-refractivity contribution in [3.05, 3.63) is 56.7 Å². The third-order valence-corrected chi connectivity index (χ3v) is 4.32. The van der Waals surface area contributed by atoms with Gasteiger partial charge in [0.15, 0.2) is 11.5 Å². The van der Waals surface area contributed by atoms with Crippen molar-refractivity contribution in [3.8, 4) is 17.6 Å². The largest absolute Gasteiger partial charge is 0.492 e. The lowest BCUT2D eigenvalue weighted by molar-refractivity contribution is -0.112. The number of rotatable bonds is 6. The lowest BCUT2D eigenvalue weighted by Crippen LogP contribution is -2.13. The minimum atomic E-state index is -0.458. The Morgan fingerprint density at radius 3 is 2.58 bits per heavy atom. The molecule has 0 aromatic heterocycles. The zero-order valence-electron chi connectivity index (χ0n) is 14.8. The van der Waals surface area contributed by atoms with E-state index in [1.807, 2.05) is 38.1 Å². The standard InChI is InChI=1S/C20H19IN2O3/c1-4-26-18-11-14(10-17(21)19(18)25-3)9-15(12-22)20(24)23-16-7-5-13(2)6-8-16/h5-11H,4H2,1-3H3,(H,23,24)/b15-9-. The maximum Gasteiger partial charge on any atom is 0.266 e. The van der Waals surface area contributed by atoms with Gasteiger partial charge < -0.3 is 14.8 Å². The summed E-state index contributed by atoms with van der Waals surface area (Å²) >= 11 is 2.13. The molecule has 1 N–H and O–H groups in total. The monoisotopic (exact) mass is 462 g/mol. The highest BCUT2D eigenvalue weighted by Crippen LogP contribution is 2.34. The number of amides is 1. The van der Waals surface area contributed by atoms with Gasteiger partial charge in [-0.3, -0.25) is 4.79 Å². The molecule has 0 aliphatic carbocycles. The SMILES string of the molecule is CCOc1cc(/C=C(/C#N)C(=O)Nc2ccc(C)cc2)cc(I)c1OC. The van der Waals surface area contributed by atoms with Crippen LogP contribution in [0.25, 0.3) is 6.08 Å². The zero-order chi connectivity index (χ0) is 19.1. The Hall–Kier alpha value is -2.53. The molecule has 0 unspecified atom stereocenters. The van der Waals surface area contributed by atoms with Crippen molar-refractivity contribution in [1.82, 2.24) is 0 Å². The maximum absolute atomic E-state index is 12.4. The van der Waals surface area contributed by atoms with Gasteiger partial charge in [0.2, 0.25) is 0 Å². The van der Waals surface area contributed by atoms with E-state index in [1.54, 1.807) is 25.3 Å². The maximum atomic E-state index is 12.4. The van der Waals surface area contributed by atoms with Crippen molar-refractivity contribution in [1.29, 1.82) is 5.26 Å². The van der Waals surface area contributed by atoms with Gasteiger partial charge in [-0.25, -0.2) is 0 Å². The molecule has 0 bridgehead atoms. The molecule has 1 amide bonds. The van der Waals surface area contributed by atoms with Gasteiger partial charge in [-0.1, -0.05) is 17.7 Å². The van der Waals surface area contributed by atoms with Crippen molar-refractivity contribution in [3.63, 3.8) is 0 Å². The van der Waals surface area contributed by atoms with Gasteiger partial charge in [0.1, 0.15) is 11.6 Å². The quantitative estimate of drug-likeness (QED) is 0.389. The summed E-state index contributed by atoms with van der Waals surface area (Å²) in [5, 5.41) is 12.1. The van der Waals surface area contributed by atoms with E-state index in [0.717, 1.165) is 9.13 Å². The number of carbonyl (C=O) groups excluding carboxylic acids is 1. The number of halogens is 1. The fourth-order valence-electron chi connectivity index (χ4n) is 2.28. The average molecular weight is 462 g/mol. The van der Waals surface area contributed by atoms with E-state index in [9.17, 15) is 10.1 Å². The molecule has 2 rings (SSSR count). The second kappa shape index (κ2) is 9.25. The molecule has 26 heavy (non-hydrogen) atoms. The third-order valence-electron chi connectivity index (χ3n) is 3.52. The lowest BCUT2D eigenvalue weighted by atomic mass is 10.1. The fraction of sp³-hybridized carbons (Fsp3) is 0.200. The lowest BCUT2D eigenvalue weighted by Gasteiger charge is -2.12. The minimum Gasteiger partial charge on any atom is -0.492 e. The van der Waals surface area contributed by atoms with Crippen LogP contribution in [0.1, 0.15) is 18.1 Å². The first-order chi connectivity index (χ1) is 12.5. The van der Waals surface area contributed by atoms with Crippen molar-refractivity contribution in [2.24, 2.45) is 0 Å². The first kappa shape index (κ1) is 19.8. The molecule has 6 heteroatoms. The van der Waals surface area contributed by atoms with Gasteiger partial charge in [0.25, 0.3) is 5.91 Å². The number of benzene rings is 2. The Labute approximate surface area is 166 Å². The molecule has 2 aromatic carbocycles. The fourth-order valence-corrected chi connectivity index (χ4v) is 3.13. The number of hydrogen-bond donors (Lipinski definition) is 1. The first-order valence-electron chi connectivity index (χ1n) is 7.98. The van der Waals surface area contributed by atoms with Crippen LogP contribution in [0.3, 0.4) is 0 Å². The number of nitriles is 1. The summed E-state index contributed by atoms with van der Waals surface area (Å²) in [6, 6.07) is 12.9. The number of aryl methyl sites for hydroxylation is 1. The number of nitrogens with zero attached hydrogens (tertiary/aromatic N) is 1. The van der Waals surface area contributed by atoms with Crippen molar-refractivity contribution in [2.45, 2.75) is 13.8 Å². The van der Waals surface area contributed by atoms with Crippen molar-refractivity contribution >= 4 is 40.3 Å². The number of anilines is 1. The van der Waals surface area contributed by atoms with Gasteiger partial charge >= 0.3 is 0 Å². The van der Waals surface area contributed by atoms with Crippen LogP contribution in [0.5, 0.6) is 11.5 Å². The summed E-state index contributed by atoms with van der Waals surface area (Å²) in [5.74, 6) is 0.747. The molecule has 0 atom stereocenters. The van der Waals surface area contributed by atoms with Gasteiger partial charge in [-0.15, -0.1) is 0 Å². The normalized spacial score (nSPS) is 10.8. The Kier molecular flexibility index (Phi) is 7.04.